The van der Waals surface area contributed by atoms with Gasteiger partial charge < -0.3 is 4.90 Å². The molecule has 5 aromatic rings. The maximum absolute atomic E-state index is 5.84. The molecule has 238 valence electrons. The van der Waals surface area contributed by atoms with Crippen molar-refractivity contribution in [3.63, 3.8) is 0 Å². The second-order valence-electron chi connectivity index (χ2n) is 13.2. The third-order valence-electron chi connectivity index (χ3n) is 10.1. The summed E-state index contributed by atoms with van der Waals surface area (Å²) in [6.45, 7) is 5.05. The molecule has 0 spiro atoms. The van der Waals surface area contributed by atoms with Crippen LogP contribution in [-0.4, -0.2) is 23.3 Å². The fraction of sp³-hybridized carbons (Fsp3) is 0.170. The van der Waals surface area contributed by atoms with Gasteiger partial charge in [0.2, 0.25) is 0 Å². The molecule has 2 unspecified atom stereocenters. The van der Waals surface area contributed by atoms with Crippen LogP contribution < -0.4 is 0 Å². The fourth-order valence-corrected chi connectivity index (χ4v) is 7.75. The molecule has 5 aromatic carbocycles. The zero-order chi connectivity index (χ0) is 33.3. The van der Waals surface area contributed by atoms with Crippen LogP contribution in [0.1, 0.15) is 38.7 Å². The predicted octanol–water partition coefficient (Wildman–Crippen LogP) is 11.6. The normalized spacial score (nSPS) is 21.4. The lowest BCUT2D eigenvalue weighted by molar-refractivity contribution is 0.470. The summed E-state index contributed by atoms with van der Waals surface area (Å²) < 4.78 is 0. The average molecular weight is 633 g/mol. The molecule has 2 aliphatic carbocycles. The van der Waals surface area contributed by atoms with Crippen molar-refractivity contribution in [2.45, 2.75) is 39.2 Å². The Hall–Kier alpha value is -5.65. The summed E-state index contributed by atoms with van der Waals surface area (Å²) in [5.41, 5.74) is 8.85. The van der Waals surface area contributed by atoms with Crippen LogP contribution in [0.25, 0.3) is 49.0 Å². The van der Waals surface area contributed by atoms with E-state index in [-0.39, 0.29) is 6.04 Å². The lowest BCUT2D eigenvalue weighted by atomic mass is 9.85. The van der Waals surface area contributed by atoms with Gasteiger partial charge in [0.25, 0.3) is 0 Å². The Morgan fingerprint density at radius 1 is 0.857 bits per heavy atom. The molecule has 1 saturated carbocycles. The molecule has 0 saturated heterocycles. The van der Waals surface area contributed by atoms with Gasteiger partial charge in [0, 0.05) is 23.7 Å². The number of rotatable bonds is 5. The van der Waals surface area contributed by atoms with Crippen molar-refractivity contribution < 1.29 is 0 Å². The summed E-state index contributed by atoms with van der Waals surface area (Å²) in [4.78, 5) is 7.56. The molecule has 0 N–H and O–H groups in total. The number of nitrogens with zero attached hydrogens (tertiary/aromatic N) is 2. The van der Waals surface area contributed by atoms with Crippen LogP contribution in [-0.2, 0) is 0 Å². The van der Waals surface area contributed by atoms with Crippen molar-refractivity contribution in [3.8, 4) is 23.5 Å². The van der Waals surface area contributed by atoms with Gasteiger partial charge in [-0.1, -0.05) is 133 Å². The number of fused-ring (bicyclic) bond motifs is 4. The smallest absolute Gasteiger partial charge is 0.136 e. The zero-order valence-electron chi connectivity index (χ0n) is 28.2. The molecule has 0 amide bonds. The summed E-state index contributed by atoms with van der Waals surface area (Å²) in [7, 11) is 0. The molecule has 1 heterocycles. The monoisotopic (exact) mass is 632 g/mol. The van der Waals surface area contributed by atoms with E-state index in [0.717, 1.165) is 37.2 Å². The van der Waals surface area contributed by atoms with Crippen LogP contribution in [0.2, 0.25) is 0 Å². The van der Waals surface area contributed by atoms with E-state index in [0.29, 0.717) is 5.92 Å². The highest BCUT2D eigenvalue weighted by molar-refractivity contribution is 6.20. The van der Waals surface area contributed by atoms with Gasteiger partial charge in [-0.05, 0) is 106 Å². The third kappa shape index (κ3) is 5.66. The molecule has 8 rings (SSSR count). The van der Waals surface area contributed by atoms with Crippen molar-refractivity contribution in [1.82, 2.24) is 4.90 Å². The summed E-state index contributed by atoms with van der Waals surface area (Å²) in [5.74, 6) is 4.09. The van der Waals surface area contributed by atoms with Gasteiger partial charge in [-0.3, -0.25) is 4.99 Å². The molecule has 2 atom stereocenters. The minimum absolute atomic E-state index is 0.117. The predicted molar refractivity (Wildman–Crippen MR) is 210 cm³/mol. The van der Waals surface area contributed by atoms with E-state index in [1.54, 1.807) is 0 Å². The fourth-order valence-electron chi connectivity index (χ4n) is 7.75. The Morgan fingerprint density at radius 3 is 2.27 bits per heavy atom. The molecular weight excluding hydrogens is 593 g/mol. The van der Waals surface area contributed by atoms with Crippen molar-refractivity contribution >= 4 is 43.7 Å². The van der Waals surface area contributed by atoms with Crippen LogP contribution in [0.15, 0.2) is 161 Å². The topological polar surface area (TPSA) is 15.6 Å². The van der Waals surface area contributed by atoms with Crippen LogP contribution in [0.3, 0.4) is 0 Å². The summed E-state index contributed by atoms with van der Waals surface area (Å²) in [6.07, 6.45) is 26.7. The van der Waals surface area contributed by atoms with E-state index in [1.807, 2.05) is 19.1 Å². The second-order valence-corrected chi connectivity index (χ2v) is 13.2. The van der Waals surface area contributed by atoms with Gasteiger partial charge in [0.15, 0.2) is 0 Å². The summed E-state index contributed by atoms with van der Waals surface area (Å²) >= 11 is 0. The molecular formula is C47H40N2. The Bertz CT molecular complexity index is 2330. The highest BCUT2D eigenvalue weighted by Crippen LogP contribution is 2.51. The molecule has 0 bridgehead atoms. The minimum atomic E-state index is 0.117. The van der Waals surface area contributed by atoms with E-state index in [1.165, 1.54) is 65.9 Å². The Kier molecular flexibility index (Phi) is 8.20. The third-order valence-corrected chi connectivity index (χ3v) is 10.1. The van der Waals surface area contributed by atoms with Crippen LogP contribution in [0.4, 0.5) is 0 Å². The highest BCUT2D eigenvalue weighted by Gasteiger charge is 2.35. The largest absolute Gasteiger partial charge is 0.320 e. The van der Waals surface area contributed by atoms with Crippen molar-refractivity contribution in [2.24, 2.45) is 10.9 Å². The maximum Gasteiger partial charge on any atom is 0.136 e. The highest BCUT2D eigenvalue weighted by atomic mass is 15.2. The molecule has 1 aliphatic heterocycles. The Balaban J connectivity index is 1.29. The first-order valence-corrected chi connectivity index (χ1v) is 17.5. The van der Waals surface area contributed by atoms with Gasteiger partial charge in [-0.2, -0.15) is 0 Å². The maximum atomic E-state index is 5.84. The van der Waals surface area contributed by atoms with Gasteiger partial charge in [0.1, 0.15) is 5.84 Å². The first kappa shape index (κ1) is 30.7. The van der Waals surface area contributed by atoms with Gasteiger partial charge in [-0.15, -0.1) is 6.42 Å². The SMILES string of the molecule is C#C/C=C(\C=C/C)C1=N/CCC/C=C\C(C)N\1C1=CC2CC2=C(c2c3ccccc3c(-c3ccc4ccccc4c3)c3ccccc23)C=C1. The van der Waals surface area contributed by atoms with Gasteiger partial charge in [0.05, 0.1) is 6.04 Å². The molecule has 49 heavy (non-hydrogen) atoms. The second kappa shape index (κ2) is 13.1. The standard InChI is InChI=1S/C47H40N2/c1-4-15-34(16-5-2)47-48-28-14-6-7-17-32(3)49(47)38-26-27-43(44-31-37(44)30-38)46-41-22-12-10-20-39(41)45(40-21-11-13-23-42(40)46)36-25-24-33-18-8-9-19-35(33)29-36/h1,5,7-13,15-27,29-30,32,37H,6,14,28,31H2,2-3H3/b16-5-,17-7-,34-15+,48-47-. The van der Waals surface area contributed by atoms with Gasteiger partial charge in [-0.25, -0.2) is 0 Å². The summed E-state index contributed by atoms with van der Waals surface area (Å²) in [5, 5.41) is 7.67. The first-order valence-electron chi connectivity index (χ1n) is 17.5. The number of terminal acetylenes is 1. The van der Waals surface area contributed by atoms with E-state index in [4.69, 9.17) is 11.4 Å². The molecule has 2 nitrogen and oxygen atoms in total. The van der Waals surface area contributed by atoms with Crippen molar-refractivity contribution in [1.29, 1.82) is 0 Å². The van der Waals surface area contributed by atoms with Crippen molar-refractivity contribution in [2.75, 3.05) is 6.54 Å². The summed E-state index contributed by atoms with van der Waals surface area (Å²) in [6, 6.07) is 33.6. The minimum Gasteiger partial charge on any atom is -0.320 e. The number of hydrogen-bond acceptors (Lipinski definition) is 2. The lowest BCUT2D eigenvalue weighted by Crippen LogP contribution is -2.37. The molecule has 2 heteroatoms. The molecule has 0 aromatic heterocycles. The van der Waals surface area contributed by atoms with Crippen molar-refractivity contribution in [3.05, 3.63) is 162 Å². The number of aliphatic imine (C=N–C) groups is 1. The van der Waals surface area contributed by atoms with E-state index < -0.39 is 0 Å². The number of hydrogen-bond donors (Lipinski definition) is 0. The number of benzene rings is 5. The van der Waals surface area contributed by atoms with Crippen LogP contribution in [0, 0.1) is 18.3 Å². The van der Waals surface area contributed by atoms with Crippen LogP contribution >= 0.6 is 0 Å². The first-order chi connectivity index (χ1) is 24.2. The van der Waals surface area contributed by atoms with E-state index in [2.05, 4.69) is 145 Å². The molecule has 3 aliphatic rings. The molecule has 1 fully saturated rings. The number of allylic oxidation sites excluding steroid dienone is 8. The Morgan fingerprint density at radius 2 is 1.55 bits per heavy atom. The molecule has 0 radical (unpaired) electrons. The zero-order valence-corrected chi connectivity index (χ0v) is 28.2. The average Bonchev–Trinajstić information content (AvgIpc) is 3.90. The number of amidine groups is 1. The Labute approximate surface area is 289 Å². The quantitative estimate of drug-likeness (QED) is 0.0815. The lowest BCUT2D eigenvalue weighted by Gasteiger charge is -2.32. The van der Waals surface area contributed by atoms with E-state index >= 15 is 0 Å². The van der Waals surface area contributed by atoms with E-state index in [9.17, 15) is 0 Å². The van der Waals surface area contributed by atoms with Gasteiger partial charge >= 0.3 is 0 Å². The van der Waals surface area contributed by atoms with Crippen LogP contribution in [0.5, 0.6) is 0 Å².